The first-order valence-corrected chi connectivity index (χ1v) is 10.5. The summed E-state index contributed by atoms with van der Waals surface area (Å²) < 4.78 is 30.1. The summed E-state index contributed by atoms with van der Waals surface area (Å²) in [7, 11) is -3.74. The van der Waals surface area contributed by atoms with Crippen molar-refractivity contribution >= 4 is 26.3 Å². The first kappa shape index (κ1) is 18.0. The molecule has 0 amide bonds. The normalized spacial score (nSPS) is 12.6. The summed E-state index contributed by atoms with van der Waals surface area (Å²) >= 11 is 1.44. The molecule has 0 bridgehead atoms. The zero-order valence-electron chi connectivity index (χ0n) is 14.7. The summed E-state index contributed by atoms with van der Waals surface area (Å²) in [5.41, 5.74) is 1.45. The first-order valence-electron chi connectivity index (χ1n) is 8.22. The van der Waals surface area contributed by atoms with Crippen LogP contribution >= 0.6 is 11.3 Å². The number of aromatic nitrogens is 3. The van der Waals surface area contributed by atoms with E-state index >= 15 is 0 Å². The second kappa shape index (κ2) is 6.86. The molecule has 3 aromatic rings. The van der Waals surface area contributed by atoms with Crippen LogP contribution in [0.25, 0.3) is 4.96 Å². The summed E-state index contributed by atoms with van der Waals surface area (Å²) in [6.07, 6.45) is 0. The van der Waals surface area contributed by atoms with Gasteiger partial charge in [0.2, 0.25) is 4.96 Å². The van der Waals surface area contributed by atoms with Crippen LogP contribution in [-0.4, -0.2) is 23.0 Å². The molecule has 2 heterocycles. The topological polar surface area (TPSA) is 76.4 Å². The molecule has 0 unspecified atom stereocenters. The third-order valence-corrected chi connectivity index (χ3v) is 6.43. The van der Waals surface area contributed by atoms with Crippen molar-refractivity contribution in [1.82, 2.24) is 19.3 Å². The van der Waals surface area contributed by atoms with Crippen molar-refractivity contribution < 1.29 is 8.42 Å². The van der Waals surface area contributed by atoms with Crippen LogP contribution in [0.4, 0.5) is 0 Å². The quantitative estimate of drug-likeness (QED) is 0.712. The predicted octanol–water partition coefficient (Wildman–Crippen LogP) is 3.52. The van der Waals surface area contributed by atoms with E-state index < -0.39 is 10.0 Å². The fourth-order valence-electron chi connectivity index (χ4n) is 2.46. The lowest BCUT2D eigenvalue weighted by atomic mass is 10.2. The molecule has 1 N–H and O–H groups in total. The number of fused-ring (bicyclic) bond motifs is 1. The number of sulfonamides is 1. The van der Waals surface area contributed by atoms with Crippen LogP contribution in [0.1, 0.15) is 55.8 Å². The molecule has 0 fully saturated rings. The Morgan fingerprint density at radius 2 is 1.80 bits per heavy atom. The van der Waals surface area contributed by atoms with Gasteiger partial charge in [-0.1, -0.05) is 69.4 Å². The maximum atomic E-state index is 13.0. The third-order valence-electron chi connectivity index (χ3n) is 3.81. The highest BCUT2D eigenvalue weighted by atomic mass is 32.2. The molecule has 1 aromatic carbocycles. The predicted molar refractivity (Wildman–Crippen MR) is 99.5 cm³/mol. The van der Waals surface area contributed by atoms with Crippen molar-refractivity contribution in [3.05, 3.63) is 46.6 Å². The number of hydrogen-bond acceptors (Lipinski definition) is 5. The van der Waals surface area contributed by atoms with Gasteiger partial charge in [0.1, 0.15) is 5.01 Å². The number of nitrogens with one attached hydrogen (secondary N) is 1. The van der Waals surface area contributed by atoms with E-state index in [0.717, 1.165) is 10.6 Å². The Labute approximate surface area is 152 Å². The Morgan fingerprint density at radius 1 is 1.12 bits per heavy atom. The second-order valence-corrected chi connectivity index (χ2v) is 9.23. The van der Waals surface area contributed by atoms with Crippen molar-refractivity contribution in [2.45, 2.75) is 51.1 Å². The van der Waals surface area contributed by atoms with Gasteiger partial charge in [0.05, 0.1) is 5.69 Å². The van der Waals surface area contributed by atoms with E-state index in [1.807, 2.05) is 58.0 Å². The molecule has 8 heteroatoms. The zero-order valence-corrected chi connectivity index (χ0v) is 16.4. The summed E-state index contributed by atoms with van der Waals surface area (Å²) in [6, 6.07) is 9.44. The van der Waals surface area contributed by atoms with Crippen LogP contribution in [0.5, 0.6) is 0 Å². The van der Waals surface area contributed by atoms with Crippen LogP contribution in [0.2, 0.25) is 0 Å². The SMILES string of the molecule is CC(C)c1nn2c(S(=O)(=O)NCc3ccccc3)c(C(C)C)nc2s1. The molecule has 0 aliphatic carbocycles. The molecule has 0 aliphatic rings. The number of hydrogen-bond donors (Lipinski definition) is 1. The zero-order chi connectivity index (χ0) is 18.2. The Hall–Kier alpha value is -1.77. The Bertz CT molecular complexity index is 973. The maximum absolute atomic E-state index is 13.0. The second-order valence-electron chi connectivity index (χ2n) is 6.56. The van der Waals surface area contributed by atoms with E-state index in [9.17, 15) is 8.42 Å². The van der Waals surface area contributed by atoms with Crippen LogP contribution in [-0.2, 0) is 16.6 Å². The van der Waals surface area contributed by atoms with E-state index in [0.29, 0.717) is 10.7 Å². The standard InChI is InChI=1S/C17H22N4O2S2/c1-11(2)14-16(21-17(19-14)24-15(20-21)12(3)4)25(22,23)18-10-13-8-6-5-7-9-13/h5-9,11-12,18H,10H2,1-4H3. The molecular formula is C17H22N4O2S2. The molecule has 6 nitrogen and oxygen atoms in total. The summed E-state index contributed by atoms with van der Waals surface area (Å²) in [4.78, 5) is 5.15. The lowest BCUT2D eigenvalue weighted by Gasteiger charge is -2.09. The Balaban J connectivity index is 2.03. The molecule has 25 heavy (non-hydrogen) atoms. The van der Waals surface area contributed by atoms with Crippen molar-refractivity contribution in [3.63, 3.8) is 0 Å². The van der Waals surface area contributed by atoms with E-state index in [-0.39, 0.29) is 23.4 Å². The molecule has 134 valence electrons. The fourth-order valence-corrected chi connectivity index (χ4v) is 4.83. The fraction of sp³-hybridized carbons (Fsp3) is 0.412. The van der Waals surface area contributed by atoms with E-state index in [4.69, 9.17) is 0 Å². The van der Waals surface area contributed by atoms with E-state index in [1.165, 1.54) is 15.9 Å². The minimum absolute atomic E-state index is 0.0142. The van der Waals surface area contributed by atoms with Crippen LogP contribution < -0.4 is 4.72 Å². The molecule has 0 spiro atoms. The van der Waals surface area contributed by atoms with Gasteiger partial charge in [-0.15, -0.1) is 0 Å². The molecule has 0 saturated heterocycles. The monoisotopic (exact) mass is 378 g/mol. The summed E-state index contributed by atoms with van der Waals surface area (Å²) in [5.74, 6) is 0.210. The molecule has 0 aliphatic heterocycles. The molecule has 0 atom stereocenters. The molecular weight excluding hydrogens is 356 g/mol. The third kappa shape index (κ3) is 3.61. The summed E-state index contributed by atoms with van der Waals surface area (Å²) in [5, 5.41) is 5.51. The lowest BCUT2D eigenvalue weighted by Crippen LogP contribution is -2.26. The lowest BCUT2D eigenvalue weighted by molar-refractivity contribution is 0.568. The first-order chi connectivity index (χ1) is 11.8. The van der Waals surface area contributed by atoms with Gasteiger partial charge in [-0.3, -0.25) is 0 Å². The van der Waals surface area contributed by atoms with Gasteiger partial charge in [0.25, 0.3) is 10.0 Å². The maximum Gasteiger partial charge on any atom is 0.260 e. The molecule has 3 rings (SSSR count). The van der Waals surface area contributed by atoms with Gasteiger partial charge in [0.15, 0.2) is 5.03 Å². The van der Waals surface area contributed by atoms with Crippen molar-refractivity contribution in [1.29, 1.82) is 0 Å². The highest BCUT2D eigenvalue weighted by molar-refractivity contribution is 7.89. The van der Waals surface area contributed by atoms with Crippen LogP contribution in [0, 0.1) is 0 Å². The molecule has 0 saturated carbocycles. The minimum atomic E-state index is -3.74. The van der Waals surface area contributed by atoms with Gasteiger partial charge in [0, 0.05) is 12.5 Å². The van der Waals surface area contributed by atoms with Gasteiger partial charge >= 0.3 is 0 Å². The highest BCUT2D eigenvalue weighted by Crippen LogP contribution is 2.29. The van der Waals surface area contributed by atoms with Gasteiger partial charge < -0.3 is 0 Å². The van der Waals surface area contributed by atoms with Crippen LogP contribution in [0.15, 0.2) is 35.4 Å². The van der Waals surface area contributed by atoms with Gasteiger partial charge in [-0.25, -0.2) is 18.1 Å². The Kier molecular flexibility index (Phi) is 4.95. The molecule has 0 radical (unpaired) electrons. The van der Waals surface area contributed by atoms with E-state index in [1.54, 1.807) is 0 Å². The summed E-state index contributed by atoms with van der Waals surface area (Å²) in [6.45, 7) is 8.17. The Morgan fingerprint density at radius 3 is 2.40 bits per heavy atom. The average Bonchev–Trinajstić information content (AvgIpc) is 3.11. The smallest absolute Gasteiger partial charge is 0.221 e. The minimum Gasteiger partial charge on any atom is -0.221 e. The molecule has 2 aromatic heterocycles. The van der Waals surface area contributed by atoms with Crippen molar-refractivity contribution in [2.24, 2.45) is 0 Å². The number of rotatable bonds is 6. The average molecular weight is 379 g/mol. The van der Waals surface area contributed by atoms with Crippen LogP contribution in [0.3, 0.4) is 0 Å². The van der Waals surface area contributed by atoms with Crippen molar-refractivity contribution in [2.75, 3.05) is 0 Å². The number of imidazole rings is 1. The van der Waals surface area contributed by atoms with Gasteiger partial charge in [-0.05, 0) is 11.5 Å². The van der Waals surface area contributed by atoms with Crippen molar-refractivity contribution in [3.8, 4) is 0 Å². The highest BCUT2D eigenvalue weighted by Gasteiger charge is 2.29. The number of nitrogens with zero attached hydrogens (tertiary/aromatic N) is 3. The largest absolute Gasteiger partial charge is 0.260 e. The number of benzene rings is 1. The van der Waals surface area contributed by atoms with E-state index in [2.05, 4.69) is 14.8 Å². The van der Waals surface area contributed by atoms with Gasteiger partial charge in [-0.2, -0.15) is 9.61 Å².